The van der Waals surface area contributed by atoms with E-state index in [2.05, 4.69) is 23.3 Å². The predicted octanol–water partition coefficient (Wildman–Crippen LogP) is 3.24. The van der Waals surface area contributed by atoms with Crippen LogP contribution in [-0.2, 0) is 20.7 Å². The third-order valence-electron chi connectivity index (χ3n) is 5.17. The van der Waals surface area contributed by atoms with Crippen LogP contribution in [0.25, 0.3) is 0 Å². The Morgan fingerprint density at radius 3 is 2.21 bits per heavy atom. The number of benzene rings is 1. The van der Waals surface area contributed by atoms with Crippen molar-refractivity contribution in [1.82, 2.24) is 15.5 Å². The van der Waals surface area contributed by atoms with Gasteiger partial charge in [0.1, 0.15) is 17.7 Å². The van der Waals surface area contributed by atoms with Crippen molar-refractivity contribution in [3.8, 4) is 0 Å². The van der Waals surface area contributed by atoms with E-state index in [1.165, 1.54) is 4.90 Å². The molecule has 9 heteroatoms. The fourth-order valence-electron chi connectivity index (χ4n) is 3.55. The molecule has 3 unspecified atom stereocenters. The van der Waals surface area contributed by atoms with Crippen molar-refractivity contribution >= 4 is 30.5 Å². The molecule has 0 aliphatic heterocycles. The summed E-state index contributed by atoms with van der Waals surface area (Å²) in [5.74, 6) is -0.880. The lowest BCUT2D eigenvalue weighted by Gasteiger charge is -2.34. The number of carbonyl (C=O) groups excluding carboxylic acids is 3. The average molecular weight is 496 g/mol. The number of aliphatic hydroxyl groups is 1. The molecule has 0 aliphatic rings. The second-order valence-corrected chi connectivity index (χ2v) is 9.70. The maximum atomic E-state index is 13.5. The van der Waals surface area contributed by atoms with E-state index in [4.69, 9.17) is 4.74 Å². The van der Waals surface area contributed by atoms with E-state index < -0.39 is 29.7 Å². The standard InChI is InChI=1S/C25H41N3O5S/c1-7-9-17(3)26-22(30)21(19-12-10-18(8-2)11-13-19)28(14-15-29)23(31)20(16-34)27-24(32)33-25(4,5)6/h10-13,17,20-21,29,34H,7-9,14-16H2,1-6H3,(H,26,30)(H,27,32). The molecule has 0 saturated heterocycles. The smallest absolute Gasteiger partial charge is 0.408 e. The van der Waals surface area contributed by atoms with Crippen molar-refractivity contribution in [3.63, 3.8) is 0 Å². The quantitative estimate of drug-likeness (QED) is 0.333. The van der Waals surface area contributed by atoms with Gasteiger partial charge in [-0.15, -0.1) is 0 Å². The lowest BCUT2D eigenvalue weighted by molar-refractivity contribution is -0.142. The van der Waals surface area contributed by atoms with Crippen molar-refractivity contribution in [3.05, 3.63) is 35.4 Å². The van der Waals surface area contributed by atoms with Gasteiger partial charge in [0.2, 0.25) is 11.8 Å². The lowest BCUT2D eigenvalue weighted by atomic mass is 10.00. The van der Waals surface area contributed by atoms with Crippen molar-refractivity contribution in [2.45, 2.75) is 84.5 Å². The van der Waals surface area contributed by atoms with Crippen molar-refractivity contribution in [1.29, 1.82) is 0 Å². The highest BCUT2D eigenvalue weighted by molar-refractivity contribution is 7.80. The number of nitrogens with zero attached hydrogens (tertiary/aromatic N) is 1. The molecule has 0 aliphatic carbocycles. The average Bonchev–Trinajstić information content (AvgIpc) is 2.76. The van der Waals surface area contributed by atoms with Crippen LogP contribution in [0.3, 0.4) is 0 Å². The molecule has 1 aromatic carbocycles. The van der Waals surface area contributed by atoms with Crippen LogP contribution in [0, 0.1) is 0 Å². The predicted molar refractivity (Wildman–Crippen MR) is 137 cm³/mol. The summed E-state index contributed by atoms with van der Waals surface area (Å²) < 4.78 is 5.27. The number of aryl methyl sites for hydroxylation is 1. The van der Waals surface area contributed by atoms with E-state index in [0.717, 1.165) is 24.8 Å². The Morgan fingerprint density at radius 1 is 1.12 bits per heavy atom. The van der Waals surface area contributed by atoms with Crippen LogP contribution in [0.2, 0.25) is 0 Å². The summed E-state index contributed by atoms with van der Waals surface area (Å²) in [5.41, 5.74) is 0.982. The molecule has 192 valence electrons. The number of hydrogen-bond acceptors (Lipinski definition) is 6. The zero-order valence-electron chi connectivity index (χ0n) is 21.3. The Bertz CT molecular complexity index is 795. The molecule has 3 N–H and O–H groups in total. The molecule has 3 amide bonds. The zero-order valence-corrected chi connectivity index (χ0v) is 22.2. The Labute approximate surface area is 209 Å². The van der Waals surface area contributed by atoms with E-state index in [9.17, 15) is 19.5 Å². The van der Waals surface area contributed by atoms with E-state index in [-0.39, 0.29) is 30.9 Å². The number of rotatable bonds is 12. The molecule has 0 fully saturated rings. The van der Waals surface area contributed by atoms with Gasteiger partial charge in [0.15, 0.2) is 0 Å². The molecule has 0 aromatic heterocycles. The molecule has 8 nitrogen and oxygen atoms in total. The first-order valence-electron chi connectivity index (χ1n) is 11.9. The Morgan fingerprint density at radius 2 is 1.74 bits per heavy atom. The topological polar surface area (TPSA) is 108 Å². The summed E-state index contributed by atoms with van der Waals surface area (Å²) >= 11 is 4.24. The van der Waals surface area contributed by atoms with Crippen LogP contribution in [-0.4, -0.2) is 64.5 Å². The molecule has 0 radical (unpaired) electrons. The van der Waals surface area contributed by atoms with E-state index in [1.807, 2.05) is 45.0 Å². The third kappa shape index (κ3) is 9.54. The SMILES string of the molecule is CCCC(C)NC(=O)C(c1ccc(CC)cc1)N(CCO)C(=O)C(CS)NC(=O)OC(C)(C)C. The van der Waals surface area contributed by atoms with Gasteiger partial charge in [0.25, 0.3) is 0 Å². The monoisotopic (exact) mass is 495 g/mol. The number of ether oxygens (including phenoxy) is 1. The number of alkyl carbamates (subject to hydrolysis) is 1. The first kappa shape index (κ1) is 29.8. The molecule has 0 saturated carbocycles. The van der Waals surface area contributed by atoms with Gasteiger partial charge in [0, 0.05) is 18.3 Å². The second-order valence-electron chi connectivity index (χ2n) is 9.33. The molecule has 3 atom stereocenters. The third-order valence-corrected chi connectivity index (χ3v) is 5.53. The molecule has 0 bridgehead atoms. The summed E-state index contributed by atoms with van der Waals surface area (Å²) in [7, 11) is 0. The highest BCUT2D eigenvalue weighted by Gasteiger charge is 2.36. The maximum Gasteiger partial charge on any atom is 0.408 e. The molecule has 1 aromatic rings. The van der Waals surface area contributed by atoms with Crippen molar-refractivity contribution in [2.24, 2.45) is 0 Å². The highest BCUT2D eigenvalue weighted by atomic mass is 32.1. The summed E-state index contributed by atoms with van der Waals surface area (Å²) in [6.07, 6.45) is 1.78. The minimum absolute atomic E-state index is 0.00461. The van der Waals surface area contributed by atoms with E-state index in [1.54, 1.807) is 20.8 Å². The molecule has 34 heavy (non-hydrogen) atoms. The second kappa shape index (κ2) is 14.2. The minimum Gasteiger partial charge on any atom is -0.444 e. The van der Waals surface area contributed by atoms with E-state index >= 15 is 0 Å². The van der Waals surface area contributed by atoms with Gasteiger partial charge in [-0.2, -0.15) is 12.6 Å². The highest BCUT2D eigenvalue weighted by Crippen LogP contribution is 2.24. The summed E-state index contributed by atoms with van der Waals surface area (Å²) in [6.45, 7) is 10.7. The van der Waals surface area contributed by atoms with Crippen molar-refractivity contribution in [2.75, 3.05) is 18.9 Å². The van der Waals surface area contributed by atoms with Gasteiger partial charge in [-0.05, 0) is 51.7 Å². The van der Waals surface area contributed by atoms with Gasteiger partial charge in [-0.1, -0.05) is 44.5 Å². The van der Waals surface area contributed by atoms with Gasteiger partial charge < -0.3 is 25.4 Å². The summed E-state index contributed by atoms with van der Waals surface area (Å²) in [6, 6.07) is 5.38. The molecule has 1 rings (SSSR count). The molecule has 0 heterocycles. The fraction of sp³-hybridized carbons (Fsp3) is 0.640. The van der Waals surface area contributed by atoms with Crippen LogP contribution in [0.4, 0.5) is 4.79 Å². The number of carbonyl (C=O) groups is 3. The van der Waals surface area contributed by atoms with Crippen LogP contribution >= 0.6 is 12.6 Å². The summed E-state index contributed by atoms with van der Waals surface area (Å²) in [4.78, 5) is 40.5. The minimum atomic E-state index is -1.04. The first-order chi connectivity index (χ1) is 16.0. The number of amides is 3. The van der Waals surface area contributed by atoms with Gasteiger partial charge in [-0.3, -0.25) is 9.59 Å². The zero-order chi connectivity index (χ0) is 25.9. The lowest BCUT2D eigenvalue weighted by Crippen LogP contribution is -2.55. The Balaban J connectivity index is 3.32. The number of aliphatic hydroxyl groups excluding tert-OH is 1. The van der Waals surface area contributed by atoms with Crippen LogP contribution in [0.15, 0.2) is 24.3 Å². The molecular weight excluding hydrogens is 454 g/mol. The number of nitrogens with one attached hydrogen (secondary N) is 2. The maximum absolute atomic E-state index is 13.5. The molecular formula is C25H41N3O5S. The molecule has 0 spiro atoms. The summed E-state index contributed by atoms with van der Waals surface area (Å²) in [5, 5.41) is 15.3. The van der Waals surface area contributed by atoms with Crippen LogP contribution in [0.5, 0.6) is 0 Å². The first-order valence-corrected chi connectivity index (χ1v) is 12.5. The van der Waals surface area contributed by atoms with Crippen molar-refractivity contribution < 1.29 is 24.2 Å². The largest absolute Gasteiger partial charge is 0.444 e. The Kier molecular flexibility index (Phi) is 12.4. The van der Waals surface area contributed by atoms with E-state index in [0.29, 0.717) is 5.56 Å². The van der Waals surface area contributed by atoms with Crippen LogP contribution < -0.4 is 10.6 Å². The number of thiol groups is 1. The van der Waals surface area contributed by atoms with Gasteiger partial charge in [-0.25, -0.2) is 4.79 Å². The van der Waals surface area contributed by atoms with Gasteiger partial charge >= 0.3 is 6.09 Å². The van der Waals surface area contributed by atoms with Crippen LogP contribution in [0.1, 0.15) is 71.6 Å². The van der Waals surface area contributed by atoms with Gasteiger partial charge in [0.05, 0.1) is 6.61 Å². The Hall–Kier alpha value is -2.26. The number of hydrogen-bond donors (Lipinski definition) is 4. The normalized spacial score (nSPS) is 14.0. The fourth-order valence-corrected chi connectivity index (χ4v) is 3.79.